The predicted octanol–water partition coefficient (Wildman–Crippen LogP) is 2.47. The summed E-state index contributed by atoms with van der Waals surface area (Å²) in [5.41, 5.74) is 1.56. The maximum Gasteiger partial charge on any atom is 0.407 e. The van der Waals surface area contributed by atoms with Crippen LogP contribution in [0.5, 0.6) is 0 Å². The van der Waals surface area contributed by atoms with Gasteiger partial charge in [-0.3, -0.25) is 9.36 Å². The molecular formula is C21H16FN3O3. The van der Waals surface area contributed by atoms with Crippen LogP contribution in [-0.4, -0.2) is 38.7 Å². The molecule has 0 aliphatic carbocycles. The minimum Gasteiger partial charge on any atom is -0.465 e. The van der Waals surface area contributed by atoms with Gasteiger partial charge in [0.1, 0.15) is 11.6 Å². The molecule has 2 heterocycles. The Morgan fingerprint density at radius 1 is 1.07 bits per heavy atom. The lowest BCUT2D eigenvalue weighted by Gasteiger charge is -2.14. The van der Waals surface area contributed by atoms with Gasteiger partial charge in [-0.15, -0.1) is 0 Å². The highest BCUT2D eigenvalue weighted by Gasteiger charge is 2.20. The summed E-state index contributed by atoms with van der Waals surface area (Å²) in [6.07, 6.45) is -0.628. The molecule has 0 spiro atoms. The fraction of sp³-hybridized carbons (Fsp3) is 0.190. The first-order chi connectivity index (χ1) is 13.5. The molecule has 1 aromatic heterocycles. The van der Waals surface area contributed by atoms with Crippen molar-refractivity contribution < 1.29 is 14.3 Å². The van der Waals surface area contributed by atoms with Crippen LogP contribution in [-0.2, 0) is 13.0 Å². The van der Waals surface area contributed by atoms with E-state index in [0.717, 1.165) is 0 Å². The largest absolute Gasteiger partial charge is 0.465 e. The summed E-state index contributed by atoms with van der Waals surface area (Å²) >= 11 is 0. The van der Waals surface area contributed by atoms with Crippen LogP contribution in [0.25, 0.3) is 10.9 Å². The van der Waals surface area contributed by atoms with Crippen LogP contribution in [0.3, 0.4) is 0 Å². The van der Waals surface area contributed by atoms with Gasteiger partial charge in [0.15, 0.2) is 0 Å². The summed E-state index contributed by atoms with van der Waals surface area (Å²) in [5.74, 6) is 6.08. The lowest BCUT2D eigenvalue weighted by atomic mass is 10.1. The number of benzene rings is 2. The number of aromatic nitrogens is 2. The molecule has 1 aliphatic heterocycles. The van der Waals surface area contributed by atoms with Crippen LogP contribution in [0.2, 0.25) is 0 Å². The molecule has 0 radical (unpaired) electrons. The van der Waals surface area contributed by atoms with E-state index >= 15 is 0 Å². The molecular weight excluding hydrogens is 361 g/mol. The first-order valence-electron chi connectivity index (χ1n) is 8.80. The van der Waals surface area contributed by atoms with Gasteiger partial charge in [0.05, 0.1) is 10.9 Å². The Bertz CT molecular complexity index is 1210. The second kappa shape index (κ2) is 7.16. The van der Waals surface area contributed by atoms with Gasteiger partial charge in [-0.1, -0.05) is 17.9 Å². The van der Waals surface area contributed by atoms with Crippen molar-refractivity contribution in [3.8, 4) is 11.8 Å². The summed E-state index contributed by atoms with van der Waals surface area (Å²) in [4.78, 5) is 29.9. The van der Waals surface area contributed by atoms with Crippen molar-refractivity contribution in [1.82, 2.24) is 14.5 Å². The van der Waals surface area contributed by atoms with Gasteiger partial charge >= 0.3 is 6.09 Å². The molecule has 0 bridgehead atoms. The number of carbonyl (C=O) groups is 1. The van der Waals surface area contributed by atoms with Gasteiger partial charge in [0.2, 0.25) is 0 Å². The number of nitrogens with zero attached hydrogens (tertiary/aromatic N) is 3. The zero-order chi connectivity index (χ0) is 19.7. The Balaban J connectivity index is 1.72. The first-order valence-corrected chi connectivity index (χ1v) is 8.80. The molecule has 1 aliphatic rings. The minimum atomic E-state index is -1.000. The van der Waals surface area contributed by atoms with Crippen molar-refractivity contribution in [1.29, 1.82) is 0 Å². The van der Waals surface area contributed by atoms with Crippen LogP contribution in [0, 0.1) is 17.7 Å². The second-order valence-corrected chi connectivity index (χ2v) is 6.50. The van der Waals surface area contributed by atoms with Crippen molar-refractivity contribution in [2.24, 2.45) is 0 Å². The maximum atomic E-state index is 13.3. The smallest absolute Gasteiger partial charge is 0.407 e. The zero-order valence-electron chi connectivity index (χ0n) is 14.9. The van der Waals surface area contributed by atoms with Crippen LogP contribution in [0.4, 0.5) is 9.18 Å². The molecule has 140 valence electrons. The van der Waals surface area contributed by atoms with E-state index in [1.54, 1.807) is 34.9 Å². The topological polar surface area (TPSA) is 75.4 Å². The molecule has 7 heteroatoms. The second-order valence-electron chi connectivity index (χ2n) is 6.50. The summed E-state index contributed by atoms with van der Waals surface area (Å²) in [6, 6.07) is 11.2. The first kappa shape index (κ1) is 17.7. The standard InChI is InChI=1S/C21H16FN3O3/c22-16-3-1-2-14(12-16)4-5-15-6-7-17-18(13-15)23-19-8-9-24(21(27)28)10-11-25(19)20(17)26/h1-3,6-7,12-13H,8-11H2,(H,27,28). The third-order valence-corrected chi connectivity index (χ3v) is 4.68. The van der Waals surface area contributed by atoms with Crippen LogP contribution in [0.15, 0.2) is 47.3 Å². The Morgan fingerprint density at radius 3 is 2.61 bits per heavy atom. The van der Waals surface area contributed by atoms with Crippen molar-refractivity contribution in [2.45, 2.75) is 13.0 Å². The van der Waals surface area contributed by atoms with Gasteiger partial charge in [0.25, 0.3) is 5.56 Å². The molecule has 28 heavy (non-hydrogen) atoms. The highest BCUT2D eigenvalue weighted by Crippen LogP contribution is 2.14. The molecule has 1 amide bonds. The van der Waals surface area contributed by atoms with E-state index < -0.39 is 6.09 Å². The summed E-state index contributed by atoms with van der Waals surface area (Å²) in [6.45, 7) is 0.837. The summed E-state index contributed by atoms with van der Waals surface area (Å²) in [7, 11) is 0. The SMILES string of the molecule is O=C(O)N1CCc2nc3cc(C#Cc4cccc(F)c4)ccc3c(=O)n2CC1. The quantitative estimate of drug-likeness (QED) is 0.611. The van der Waals surface area contributed by atoms with E-state index in [2.05, 4.69) is 16.8 Å². The zero-order valence-corrected chi connectivity index (χ0v) is 14.9. The minimum absolute atomic E-state index is 0.183. The highest BCUT2D eigenvalue weighted by molar-refractivity contribution is 5.79. The average molecular weight is 377 g/mol. The molecule has 0 saturated heterocycles. The number of fused-ring (bicyclic) bond motifs is 2. The highest BCUT2D eigenvalue weighted by atomic mass is 19.1. The molecule has 0 saturated carbocycles. The Kier molecular flexibility index (Phi) is 4.53. The number of carboxylic acid groups (broad SMARTS) is 1. The van der Waals surface area contributed by atoms with E-state index in [9.17, 15) is 19.1 Å². The molecule has 0 atom stereocenters. The average Bonchev–Trinajstić information content (AvgIpc) is 2.89. The lowest BCUT2D eigenvalue weighted by molar-refractivity contribution is 0.146. The number of hydrogen-bond acceptors (Lipinski definition) is 3. The fourth-order valence-electron chi connectivity index (χ4n) is 3.24. The van der Waals surface area contributed by atoms with E-state index in [1.807, 2.05) is 0 Å². The van der Waals surface area contributed by atoms with Crippen molar-refractivity contribution in [3.63, 3.8) is 0 Å². The summed E-state index contributed by atoms with van der Waals surface area (Å²) in [5, 5.41) is 9.65. The third-order valence-electron chi connectivity index (χ3n) is 4.68. The molecule has 4 rings (SSSR count). The van der Waals surface area contributed by atoms with Crippen LogP contribution >= 0.6 is 0 Å². The predicted molar refractivity (Wildman–Crippen MR) is 102 cm³/mol. The fourth-order valence-corrected chi connectivity index (χ4v) is 3.24. The van der Waals surface area contributed by atoms with Gasteiger partial charge in [-0.25, -0.2) is 14.2 Å². The van der Waals surface area contributed by atoms with Gasteiger partial charge in [-0.2, -0.15) is 0 Å². The van der Waals surface area contributed by atoms with Gasteiger partial charge in [0, 0.05) is 37.2 Å². The molecule has 1 N–H and O–H groups in total. The number of halogens is 1. The van der Waals surface area contributed by atoms with Crippen molar-refractivity contribution >= 4 is 17.0 Å². The van der Waals surface area contributed by atoms with Gasteiger partial charge < -0.3 is 10.0 Å². The van der Waals surface area contributed by atoms with E-state index in [4.69, 9.17) is 0 Å². The third kappa shape index (κ3) is 3.45. The Morgan fingerprint density at radius 2 is 1.86 bits per heavy atom. The van der Waals surface area contributed by atoms with Crippen LogP contribution < -0.4 is 5.56 Å². The van der Waals surface area contributed by atoms with E-state index in [1.165, 1.54) is 17.0 Å². The molecule has 3 aromatic rings. The number of hydrogen-bond donors (Lipinski definition) is 1. The molecule has 2 aromatic carbocycles. The lowest BCUT2D eigenvalue weighted by Crippen LogP contribution is -2.32. The molecule has 6 nitrogen and oxygen atoms in total. The van der Waals surface area contributed by atoms with Crippen LogP contribution in [0.1, 0.15) is 17.0 Å². The monoisotopic (exact) mass is 377 g/mol. The van der Waals surface area contributed by atoms with Crippen molar-refractivity contribution in [3.05, 3.63) is 75.6 Å². The van der Waals surface area contributed by atoms with Crippen molar-refractivity contribution in [2.75, 3.05) is 13.1 Å². The molecule has 0 fully saturated rings. The van der Waals surface area contributed by atoms with Gasteiger partial charge in [-0.05, 0) is 36.4 Å². The maximum absolute atomic E-state index is 13.3. The normalized spacial score (nSPS) is 13.4. The summed E-state index contributed by atoms with van der Waals surface area (Å²) < 4.78 is 14.8. The van der Waals surface area contributed by atoms with E-state index in [0.29, 0.717) is 40.8 Å². The number of amides is 1. The Hall–Kier alpha value is -3.66. The number of rotatable bonds is 0. The van der Waals surface area contributed by atoms with E-state index in [-0.39, 0.29) is 24.5 Å². The Labute approximate surface area is 159 Å². The molecule has 0 unspecified atom stereocenters.